The number of hydrogen-bond donors (Lipinski definition) is 0. The molecule has 0 aliphatic carbocycles. The third-order valence-corrected chi connectivity index (χ3v) is 3.78. The van der Waals surface area contributed by atoms with Crippen molar-refractivity contribution < 1.29 is 4.74 Å². The Morgan fingerprint density at radius 3 is 2.74 bits per heavy atom. The molecule has 5 heteroatoms. The van der Waals surface area contributed by atoms with E-state index in [9.17, 15) is 0 Å². The Labute approximate surface area is 113 Å². The first-order chi connectivity index (χ1) is 9.28. The summed E-state index contributed by atoms with van der Waals surface area (Å²) in [5, 5.41) is 4.49. The van der Waals surface area contributed by atoms with Crippen molar-refractivity contribution in [3.63, 3.8) is 0 Å². The standard InChI is InChI=1S/C14H20N4O/c1-11-12(10-17-8-4-3-5-9-17)18-13(15-11)6-7-14(16-18)19-2/h6-7H,3-5,8-10H2,1-2H3. The van der Waals surface area contributed by atoms with E-state index >= 15 is 0 Å². The molecule has 19 heavy (non-hydrogen) atoms. The second-order valence-electron chi connectivity index (χ2n) is 5.13. The molecule has 0 atom stereocenters. The zero-order valence-electron chi connectivity index (χ0n) is 11.6. The Bertz CT molecular complexity index is 572. The first-order valence-electron chi connectivity index (χ1n) is 6.89. The fourth-order valence-corrected chi connectivity index (χ4v) is 2.69. The Hall–Kier alpha value is -1.62. The van der Waals surface area contributed by atoms with Crippen LogP contribution in [0.15, 0.2) is 12.1 Å². The van der Waals surface area contributed by atoms with E-state index < -0.39 is 0 Å². The summed E-state index contributed by atoms with van der Waals surface area (Å²) in [6.07, 6.45) is 3.95. The maximum absolute atomic E-state index is 5.20. The van der Waals surface area contributed by atoms with Gasteiger partial charge in [0.25, 0.3) is 0 Å². The molecule has 0 saturated carbocycles. The number of fused-ring (bicyclic) bond motifs is 1. The number of hydrogen-bond acceptors (Lipinski definition) is 4. The second-order valence-corrected chi connectivity index (χ2v) is 5.13. The van der Waals surface area contributed by atoms with Crippen molar-refractivity contribution in [2.75, 3.05) is 20.2 Å². The van der Waals surface area contributed by atoms with Crippen LogP contribution in [0, 0.1) is 6.92 Å². The van der Waals surface area contributed by atoms with Crippen molar-refractivity contribution in [1.29, 1.82) is 0 Å². The molecule has 1 aliphatic heterocycles. The van der Waals surface area contributed by atoms with Gasteiger partial charge in [-0.3, -0.25) is 4.90 Å². The molecule has 3 heterocycles. The maximum atomic E-state index is 5.20. The first-order valence-corrected chi connectivity index (χ1v) is 6.89. The molecule has 0 amide bonds. The molecule has 1 aliphatic rings. The fourth-order valence-electron chi connectivity index (χ4n) is 2.69. The van der Waals surface area contributed by atoms with E-state index in [4.69, 9.17) is 4.74 Å². The molecule has 1 fully saturated rings. The van der Waals surface area contributed by atoms with E-state index in [-0.39, 0.29) is 0 Å². The van der Waals surface area contributed by atoms with Crippen LogP contribution in [0.3, 0.4) is 0 Å². The average molecular weight is 260 g/mol. The summed E-state index contributed by atoms with van der Waals surface area (Å²) in [5.41, 5.74) is 3.13. The number of ether oxygens (including phenoxy) is 1. The van der Waals surface area contributed by atoms with Gasteiger partial charge in [0.15, 0.2) is 5.65 Å². The van der Waals surface area contributed by atoms with Crippen LogP contribution in [0.1, 0.15) is 30.7 Å². The number of rotatable bonds is 3. The number of piperidine rings is 1. The molecule has 0 bridgehead atoms. The van der Waals surface area contributed by atoms with Crippen molar-refractivity contribution in [3.8, 4) is 5.88 Å². The molecule has 102 valence electrons. The zero-order valence-corrected chi connectivity index (χ0v) is 11.6. The smallest absolute Gasteiger partial charge is 0.231 e. The Morgan fingerprint density at radius 2 is 2.00 bits per heavy atom. The van der Waals surface area contributed by atoms with Gasteiger partial charge >= 0.3 is 0 Å². The van der Waals surface area contributed by atoms with E-state index in [2.05, 4.69) is 21.9 Å². The lowest BCUT2D eigenvalue weighted by Gasteiger charge is -2.26. The summed E-state index contributed by atoms with van der Waals surface area (Å²) in [7, 11) is 1.64. The number of likely N-dealkylation sites (tertiary alicyclic amines) is 1. The third-order valence-electron chi connectivity index (χ3n) is 3.78. The summed E-state index contributed by atoms with van der Waals surface area (Å²) in [6, 6.07) is 3.81. The fraction of sp³-hybridized carbons (Fsp3) is 0.571. The van der Waals surface area contributed by atoms with Gasteiger partial charge in [-0.1, -0.05) is 6.42 Å². The predicted molar refractivity (Wildman–Crippen MR) is 73.4 cm³/mol. The number of imidazole rings is 1. The molecule has 0 unspecified atom stereocenters. The molecule has 2 aromatic heterocycles. The van der Waals surface area contributed by atoms with E-state index in [1.165, 1.54) is 38.0 Å². The van der Waals surface area contributed by atoms with Crippen molar-refractivity contribution in [2.45, 2.75) is 32.7 Å². The lowest BCUT2D eigenvalue weighted by Crippen LogP contribution is -2.30. The lowest BCUT2D eigenvalue weighted by atomic mass is 10.1. The van der Waals surface area contributed by atoms with Gasteiger partial charge in [-0.25, -0.2) is 9.50 Å². The molecule has 5 nitrogen and oxygen atoms in total. The SMILES string of the molecule is COc1ccc2nc(C)c(CN3CCCCC3)n2n1. The van der Waals surface area contributed by atoms with Gasteiger partial charge in [0, 0.05) is 12.6 Å². The van der Waals surface area contributed by atoms with Gasteiger partial charge in [-0.2, -0.15) is 0 Å². The summed E-state index contributed by atoms with van der Waals surface area (Å²) in [6.45, 7) is 5.33. The topological polar surface area (TPSA) is 42.7 Å². The Morgan fingerprint density at radius 1 is 1.21 bits per heavy atom. The van der Waals surface area contributed by atoms with Crippen molar-refractivity contribution in [1.82, 2.24) is 19.5 Å². The number of methoxy groups -OCH3 is 1. The summed E-state index contributed by atoms with van der Waals surface area (Å²) >= 11 is 0. The molecule has 0 N–H and O–H groups in total. The minimum atomic E-state index is 0.629. The largest absolute Gasteiger partial charge is 0.480 e. The van der Waals surface area contributed by atoms with Gasteiger partial charge in [0.05, 0.1) is 18.5 Å². The summed E-state index contributed by atoms with van der Waals surface area (Å²) in [4.78, 5) is 7.06. The molecule has 0 spiro atoms. The Balaban J connectivity index is 1.94. The number of nitrogens with zero attached hydrogens (tertiary/aromatic N) is 4. The minimum Gasteiger partial charge on any atom is -0.480 e. The van der Waals surface area contributed by atoms with Crippen molar-refractivity contribution in [2.24, 2.45) is 0 Å². The van der Waals surface area contributed by atoms with E-state index in [1.54, 1.807) is 7.11 Å². The van der Waals surface area contributed by atoms with Gasteiger partial charge in [-0.15, -0.1) is 5.10 Å². The van der Waals surface area contributed by atoms with Crippen LogP contribution in [0.2, 0.25) is 0 Å². The minimum absolute atomic E-state index is 0.629. The average Bonchev–Trinajstić information content (AvgIpc) is 2.76. The highest BCUT2D eigenvalue weighted by molar-refractivity contribution is 5.42. The Kier molecular flexibility index (Phi) is 3.38. The zero-order chi connectivity index (χ0) is 13.2. The summed E-state index contributed by atoms with van der Waals surface area (Å²) < 4.78 is 7.12. The highest BCUT2D eigenvalue weighted by Crippen LogP contribution is 2.18. The van der Waals surface area contributed by atoms with E-state index in [0.717, 1.165) is 17.9 Å². The van der Waals surface area contributed by atoms with Gasteiger partial charge in [0.2, 0.25) is 5.88 Å². The van der Waals surface area contributed by atoms with Crippen molar-refractivity contribution >= 4 is 5.65 Å². The van der Waals surface area contributed by atoms with Crippen LogP contribution in [0.25, 0.3) is 5.65 Å². The van der Waals surface area contributed by atoms with Crippen molar-refractivity contribution in [3.05, 3.63) is 23.5 Å². The van der Waals surface area contributed by atoms with Gasteiger partial charge in [-0.05, 0) is 38.9 Å². The van der Waals surface area contributed by atoms with Crippen LogP contribution in [0.5, 0.6) is 5.88 Å². The molecule has 1 saturated heterocycles. The van der Waals surface area contributed by atoms with Crippen LogP contribution < -0.4 is 4.74 Å². The van der Waals surface area contributed by atoms with E-state index in [0.29, 0.717) is 5.88 Å². The normalized spacial score (nSPS) is 16.9. The first kappa shape index (κ1) is 12.4. The summed E-state index contributed by atoms with van der Waals surface area (Å²) in [5.74, 6) is 0.629. The van der Waals surface area contributed by atoms with Crippen LogP contribution in [-0.4, -0.2) is 39.7 Å². The van der Waals surface area contributed by atoms with Crippen LogP contribution >= 0.6 is 0 Å². The van der Waals surface area contributed by atoms with E-state index in [1.807, 2.05) is 16.6 Å². The van der Waals surface area contributed by atoms with Crippen LogP contribution in [-0.2, 0) is 6.54 Å². The lowest BCUT2D eigenvalue weighted by molar-refractivity contribution is 0.216. The molecule has 0 aromatic carbocycles. The monoisotopic (exact) mass is 260 g/mol. The highest BCUT2D eigenvalue weighted by atomic mass is 16.5. The maximum Gasteiger partial charge on any atom is 0.231 e. The highest BCUT2D eigenvalue weighted by Gasteiger charge is 2.16. The predicted octanol–water partition coefficient (Wildman–Crippen LogP) is 2.03. The second kappa shape index (κ2) is 5.17. The molecular formula is C14H20N4O. The molecule has 2 aromatic rings. The molecular weight excluding hydrogens is 240 g/mol. The van der Waals surface area contributed by atoms with Crippen LogP contribution in [0.4, 0.5) is 0 Å². The number of aromatic nitrogens is 3. The van der Waals surface area contributed by atoms with Gasteiger partial charge in [0.1, 0.15) is 0 Å². The molecule has 3 rings (SSSR count). The molecule has 0 radical (unpaired) electrons. The quantitative estimate of drug-likeness (QED) is 0.847. The van der Waals surface area contributed by atoms with Gasteiger partial charge < -0.3 is 4.74 Å². The number of aryl methyl sites for hydroxylation is 1. The third kappa shape index (κ3) is 2.42.